The lowest BCUT2D eigenvalue weighted by molar-refractivity contribution is 0.0977. The number of hydrogen-bond acceptors (Lipinski definition) is 3. The number of guanidine groups is 1. The number of carbonyl (C=O) groups excluding carboxylic acids is 1. The summed E-state index contributed by atoms with van der Waals surface area (Å²) in [5.41, 5.74) is 2.95. The highest BCUT2D eigenvalue weighted by molar-refractivity contribution is 6.09. The third-order valence-electron chi connectivity index (χ3n) is 3.78. The Hall–Kier alpha value is -3.54. The van der Waals surface area contributed by atoms with Crippen LogP contribution in [-0.4, -0.2) is 16.9 Å². The van der Waals surface area contributed by atoms with Crippen molar-refractivity contribution in [2.75, 3.05) is 5.32 Å². The average molecular weight is 362 g/mol. The van der Waals surface area contributed by atoms with Gasteiger partial charge in [0.1, 0.15) is 5.82 Å². The molecule has 0 saturated heterocycles. The van der Waals surface area contributed by atoms with Crippen molar-refractivity contribution in [2.24, 2.45) is 4.99 Å². The van der Waals surface area contributed by atoms with E-state index < -0.39 is 0 Å². The second kappa shape index (κ2) is 8.71. The molecule has 0 aliphatic rings. The van der Waals surface area contributed by atoms with Crippen LogP contribution in [0.5, 0.6) is 0 Å². The number of amides is 1. The van der Waals surface area contributed by atoms with Crippen LogP contribution in [0.15, 0.2) is 78.0 Å². The molecule has 0 unspecified atom stereocenters. The molecule has 27 heavy (non-hydrogen) atoms. The SMILES string of the molecule is Cc1ccc(C(=O)NC(=NCc2cccnc2)Nc2cccc(F)c2)cc1. The van der Waals surface area contributed by atoms with Crippen molar-refractivity contribution in [1.82, 2.24) is 10.3 Å². The van der Waals surface area contributed by atoms with Crippen molar-refractivity contribution in [3.63, 3.8) is 0 Å². The van der Waals surface area contributed by atoms with E-state index in [0.717, 1.165) is 11.1 Å². The Balaban J connectivity index is 1.79. The van der Waals surface area contributed by atoms with Gasteiger partial charge in [0.05, 0.1) is 6.54 Å². The Morgan fingerprint density at radius 2 is 1.93 bits per heavy atom. The number of nitrogens with zero attached hydrogens (tertiary/aromatic N) is 2. The van der Waals surface area contributed by atoms with Crippen LogP contribution in [0, 0.1) is 12.7 Å². The minimum Gasteiger partial charge on any atom is -0.326 e. The quantitative estimate of drug-likeness (QED) is 0.546. The van der Waals surface area contributed by atoms with E-state index in [9.17, 15) is 9.18 Å². The number of aromatic nitrogens is 1. The summed E-state index contributed by atoms with van der Waals surface area (Å²) >= 11 is 0. The number of nitrogens with one attached hydrogen (secondary N) is 2. The molecule has 2 N–H and O–H groups in total. The van der Waals surface area contributed by atoms with Gasteiger partial charge in [-0.3, -0.25) is 15.1 Å². The fourth-order valence-corrected chi connectivity index (χ4v) is 2.36. The Morgan fingerprint density at radius 3 is 2.63 bits per heavy atom. The van der Waals surface area contributed by atoms with Gasteiger partial charge in [0.15, 0.2) is 0 Å². The number of hydrogen-bond donors (Lipinski definition) is 2. The molecule has 0 radical (unpaired) electrons. The highest BCUT2D eigenvalue weighted by Gasteiger charge is 2.09. The maximum atomic E-state index is 13.5. The monoisotopic (exact) mass is 362 g/mol. The first-order valence-corrected chi connectivity index (χ1v) is 8.44. The van der Waals surface area contributed by atoms with Crippen molar-refractivity contribution in [1.29, 1.82) is 0 Å². The summed E-state index contributed by atoms with van der Waals surface area (Å²) in [4.78, 5) is 21.0. The molecule has 0 spiro atoms. The fourth-order valence-electron chi connectivity index (χ4n) is 2.36. The molecule has 0 atom stereocenters. The normalized spacial score (nSPS) is 11.1. The number of pyridine rings is 1. The number of benzene rings is 2. The van der Waals surface area contributed by atoms with E-state index in [1.54, 1.807) is 36.7 Å². The molecule has 0 aliphatic heterocycles. The van der Waals surface area contributed by atoms with E-state index in [0.29, 0.717) is 17.8 Å². The van der Waals surface area contributed by atoms with E-state index in [1.165, 1.54) is 12.1 Å². The van der Waals surface area contributed by atoms with Gasteiger partial charge in [-0.15, -0.1) is 0 Å². The Kier molecular flexibility index (Phi) is 5.89. The van der Waals surface area contributed by atoms with E-state index in [1.807, 2.05) is 31.2 Å². The second-order valence-corrected chi connectivity index (χ2v) is 5.98. The summed E-state index contributed by atoms with van der Waals surface area (Å²) in [6.45, 7) is 2.27. The van der Waals surface area contributed by atoms with E-state index in [-0.39, 0.29) is 17.7 Å². The van der Waals surface area contributed by atoms with Gasteiger partial charge in [-0.05, 0) is 48.9 Å². The van der Waals surface area contributed by atoms with Crippen molar-refractivity contribution >= 4 is 17.6 Å². The lowest BCUT2D eigenvalue weighted by Gasteiger charge is -2.12. The van der Waals surface area contributed by atoms with Crippen LogP contribution in [0.25, 0.3) is 0 Å². The molecule has 6 heteroatoms. The third kappa shape index (κ3) is 5.47. The topological polar surface area (TPSA) is 66.4 Å². The molecule has 5 nitrogen and oxygen atoms in total. The molecule has 1 aromatic heterocycles. The lowest BCUT2D eigenvalue weighted by atomic mass is 10.1. The van der Waals surface area contributed by atoms with Gasteiger partial charge in [-0.25, -0.2) is 9.38 Å². The van der Waals surface area contributed by atoms with Gasteiger partial charge in [-0.2, -0.15) is 0 Å². The predicted molar refractivity (Wildman–Crippen MR) is 104 cm³/mol. The maximum absolute atomic E-state index is 13.5. The zero-order valence-electron chi connectivity index (χ0n) is 14.8. The number of halogens is 1. The zero-order chi connectivity index (χ0) is 19.1. The molecule has 1 amide bonds. The van der Waals surface area contributed by atoms with Crippen LogP contribution in [0.1, 0.15) is 21.5 Å². The van der Waals surface area contributed by atoms with Gasteiger partial charge >= 0.3 is 0 Å². The first-order valence-electron chi connectivity index (χ1n) is 8.44. The van der Waals surface area contributed by atoms with Gasteiger partial charge in [0, 0.05) is 23.6 Å². The van der Waals surface area contributed by atoms with Gasteiger partial charge < -0.3 is 5.32 Å². The summed E-state index contributed by atoms with van der Waals surface area (Å²) in [7, 11) is 0. The van der Waals surface area contributed by atoms with Crippen molar-refractivity contribution < 1.29 is 9.18 Å². The van der Waals surface area contributed by atoms with Crippen molar-refractivity contribution in [3.8, 4) is 0 Å². The summed E-state index contributed by atoms with van der Waals surface area (Å²) < 4.78 is 13.5. The standard InChI is InChI=1S/C21H19FN4O/c1-15-7-9-17(10-8-15)20(27)26-21(24-14-16-4-3-11-23-13-16)25-19-6-2-5-18(22)12-19/h2-13H,14H2,1H3,(H2,24,25,26,27). The van der Waals surface area contributed by atoms with Gasteiger partial charge in [-0.1, -0.05) is 29.8 Å². The largest absolute Gasteiger partial charge is 0.326 e. The molecular formula is C21H19FN4O. The summed E-state index contributed by atoms with van der Waals surface area (Å²) in [5, 5.41) is 5.71. The molecule has 3 rings (SSSR count). The summed E-state index contributed by atoms with van der Waals surface area (Å²) in [6, 6.07) is 16.9. The second-order valence-electron chi connectivity index (χ2n) is 5.98. The van der Waals surface area contributed by atoms with E-state index >= 15 is 0 Å². The summed E-state index contributed by atoms with van der Waals surface area (Å²) in [5.74, 6) is -0.449. The molecular weight excluding hydrogens is 343 g/mol. The number of aryl methyl sites for hydroxylation is 1. The highest BCUT2D eigenvalue weighted by atomic mass is 19.1. The molecule has 0 saturated carbocycles. The minimum atomic E-state index is -0.378. The summed E-state index contributed by atoms with van der Waals surface area (Å²) in [6.07, 6.45) is 3.38. The number of carbonyl (C=O) groups is 1. The van der Waals surface area contributed by atoms with Crippen LogP contribution < -0.4 is 10.6 Å². The third-order valence-corrected chi connectivity index (χ3v) is 3.78. The molecule has 1 heterocycles. The van der Waals surface area contributed by atoms with E-state index in [2.05, 4.69) is 20.6 Å². The Labute approximate surface area is 157 Å². The van der Waals surface area contributed by atoms with Crippen LogP contribution in [-0.2, 0) is 6.54 Å². The molecule has 3 aromatic rings. The maximum Gasteiger partial charge on any atom is 0.257 e. The predicted octanol–water partition coefficient (Wildman–Crippen LogP) is 3.93. The average Bonchev–Trinajstić information content (AvgIpc) is 2.67. The van der Waals surface area contributed by atoms with Gasteiger partial charge in [0.2, 0.25) is 5.96 Å². The number of rotatable bonds is 4. The lowest BCUT2D eigenvalue weighted by Crippen LogP contribution is -2.36. The fraction of sp³-hybridized carbons (Fsp3) is 0.0952. The zero-order valence-corrected chi connectivity index (χ0v) is 14.8. The van der Waals surface area contributed by atoms with Crippen molar-refractivity contribution in [3.05, 3.63) is 95.6 Å². The van der Waals surface area contributed by atoms with Crippen LogP contribution in [0.3, 0.4) is 0 Å². The highest BCUT2D eigenvalue weighted by Crippen LogP contribution is 2.10. The Bertz CT molecular complexity index is 940. The minimum absolute atomic E-state index is 0.232. The first-order chi connectivity index (χ1) is 13.1. The number of aliphatic imine (C=N–C) groups is 1. The number of anilines is 1. The van der Waals surface area contributed by atoms with Crippen molar-refractivity contribution in [2.45, 2.75) is 13.5 Å². The molecule has 0 aliphatic carbocycles. The Morgan fingerprint density at radius 1 is 1.11 bits per heavy atom. The molecule has 2 aromatic carbocycles. The van der Waals surface area contributed by atoms with Gasteiger partial charge in [0.25, 0.3) is 5.91 Å². The smallest absolute Gasteiger partial charge is 0.257 e. The first kappa shape index (κ1) is 18.3. The molecule has 136 valence electrons. The van der Waals surface area contributed by atoms with Crippen LogP contribution in [0.4, 0.5) is 10.1 Å². The molecule has 0 bridgehead atoms. The van der Waals surface area contributed by atoms with Crippen LogP contribution in [0.2, 0.25) is 0 Å². The molecule has 0 fully saturated rings. The van der Waals surface area contributed by atoms with Crippen LogP contribution >= 0.6 is 0 Å². The van der Waals surface area contributed by atoms with E-state index in [4.69, 9.17) is 0 Å².